The van der Waals surface area contributed by atoms with E-state index in [0.717, 1.165) is 11.3 Å². The minimum Gasteiger partial charge on any atom is -0.380 e. The normalized spacial score (nSPS) is 11.2. The molecule has 0 amide bonds. The van der Waals surface area contributed by atoms with E-state index in [4.69, 9.17) is 16.9 Å². The zero-order valence-electron chi connectivity index (χ0n) is 11.8. The fourth-order valence-electron chi connectivity index (χ4n) is 1.74. The molecule has 0 aliphatic heterocycles. The third-order valence-electron chi connectivity index (χ3n) is 2.90. The van der Waals surface area contributed by atoms with E-state index < -0.39 is 0 Å². The van der Waals surface area contributed by atoms with Gasteiger partial charge in [0.25, 0.3) is 0 Å². The van der Waals surface area contributed by atoms with Crippen LogP contribution < -0.4 is 5.32 Å². The van der Waals surface area contributed by atoms with Gasteiger partial charge in [-0.05, 0) is 39.0 Å². The lowest BCUT2D eigenvalue weighted by Gasteiger charge is -2.18. The molecule has 1 aromatic carbocycles. The van der Waals surface area contributed by atoms with Crippen LogP contribution in [0.25, 0.3) is 0 Å². The molecular formula is C15H17ClN4. The number of nitrogens with one attached hydrogen (secondary N) is 1. The third kappa shape index (κ3) is 3.31. The lowest BCUT2D eigenvalue weighted by molar-refractivity contribution is 0.355. The predicted octanol–water partition coefficient (Wildman–Crippen LogP) is 3.78. The number of benzene rings is 1. The van der Waals surface area contributed by atoms with Crippen LogP contribution in [0.4, 0.5) is 5.69 Å². The highest BCUT2D eigenvalue weighted by molar-refractivity contribution is 6.33. The molecule has 0 aliphatic carbocycles. The van der Waals surface area contributed by atoms with Crippen molar-refractivity contribution in [1.82, 2.24) is 9.78 Å². The number of nitrogens with zero attached hydrogens (tertiary/aromatic N) is 3. The molecule has 2 rings (SSSR count). The molecule has 0 fully saturated rings. The standard InChI is InChI=1S/C15H17ClN4/c1-15(2,3)20-10-12(9-19-20)8-18-14-5-4-11(7-17)6-13(14)16/h4-6,9-10,18H,8H2,1-3H3. The van der Waals surface area contributed by atoms with Crippen LogP contribution in [0.3, 0.4) is 0 Å². The molecule has 0 aliphatic rings. The van der Waals surface area contributed by atoms with Crippen LogP contribution in [0.15, 0.2) is 30.6 Å². The lowest BCUT2D eigenvalue weighted by Crippen LogP contribution is -2.21. The first kappa shape index (κ1) is 14.4. The Morgan fingerprint density at radius 3 is 2.70 bits per heavy atom. The molecule has 5 heteroatoms. The zero-order valence-corrected chi connectivity index (χ0v) is 12.6. The number of anilines is 1. The topological polar surface area (TPSA) is 53.6 Å². The van der Waals surface area contributed by atoms with E-state index in [1.165, 1.54) is 0 Å². The number of halogens is 1. The van der Waals surface area contributed by atoms with Crippen LogP contribution in [0.1, 0.15) is 31.9 Å². The Morgan fingerprint density at radius 1 is 1.40 bits per heavy atom. The lowest BCUT2D eigenvalue weighted by atomic mass is 10.1. The van der Waals surface area contributed by atoms with Crippen molar-refractivity contribution in [1.29, 1.82) is 5.26 Å². The Kier molecular flexibility index (Phi) is 4.01. The maximum Gasteiger partial charge on any atom is 0.0992 e. The number of aromatic nitrogens is 2. The van der Waals surface area contributed by atoms with Crippen molar-refractivity contribution in [3.63, 3.8) is 0 Å². The minimum atomic E-state index is -0.0235. The Bertz CT molecular complexity index is 647. The van der Waals surface area contributed by atoms with Gasteiger partial charge < -0.3 is 5.32 Å². The van der Waals surface area contributed by atoms with Crippen LogP contribution in [0, 0.1) is 11.3 Å². The van der Waals surface area contributed by atoms with E-state index in [9.17, 15) is 0 Å². The summed E-state index contributed by atoms with van der Waals surface area (Å²) < 4.78 is 1.93. The van der Waals surface area contributed by atoms with E-state index in [2.05, 4.69) is 37.3 Å². The smallest absolute Gasteiger partial charge is 0.0992 e. The monoisotopic (exact) mass is 288 g/mol. The molecule has 0 radical (unpaired) electrons. The summed E-state index contributed by atoms with van der Waals surface area (Å²) in [5, 5.41) is 16.9. The molecule has 0 spiro atoms. The van der Waals surface area contributed by atoms with E-state index in [-0.39, 0.29) is 5.54 Å². The molecule has 0 unspecified atom stereocenters. The molecule has 0 bridgehead atoms. The first-order valence-corrected chi connectivity index (χ1v) is 6.75. The van der Waals surface area contributed by atoms with Crippen molar-refractivity contribution < 1.29 is 0 Å². The van der Waals surface area contributed by atoms with E-state index in [1.54, 1.807) is 12.1 Å². The van der Waals surface area contributed by atoms with Crippen LogP contribution in [-0.4, -0.2) is 9.78 Å². The fourth-order valence-corrected chi connectivity index (χ4v) is 1.99. The number of hydrogen-bond donors (Lipinski definition) is 1. The van der Waals surface area contributed by atoms with E-state index in [0.29, 0.717) is 17.1 Å². The van der Waals surface area contributed by atoms with Gasteiger partial charge in [0.1, 0.15) is 0 Å². The van der Waals surface area contributed by atoms with Crippen molar-refractivity contribution >= 4 is 17.3 Å². The van der Waals surface area contributed by atoms with Crippen LogP contribution in [-0.2, 0) is 12.1 Å². The van der Waals surface area contributed by atoms with Gasteiger partial charge in [0.15, 0.2) is 0 Å². The van der Waals surface area contributed by atoms with Gasteiger partial charge in [-0.25, -0.2) is 0 Å². The average molecular weight is 289 g/mol. The van der Waals surface area contributed by atoms with Gasteiger partial charge in [-0.1, -0.05) is 11.6 Å². The zero-order chi connectivity index (χ0) is 14.8. The van der Waals surface area contributed by atoms with Gasteiger partial charge in [0.05, 0.1) is 34.1 Å². The highest BCUT2D eigenvalue weighted by Crippen LogP contribution is 2.23. The summed E-state index contributed by atoms with van der Waals surface area (Å²) in [5.41, 5.74) is 2.43. The fraction of sp³-hybridized carbons (Fsp3) is 0.333. The highest BCUT2D eigenvalue weighted by Gasteiger charge is 2.13. The summed E-state index contributed by atoms with van der Waals surface area (Å²) in [5.74, 6) is 0. The van der Waals surface area contributed by atoms with Gasteiger partial charge in [0.2, 0.25) is 0 Å². The maximum absolute atomic E-state index is 8.80. The van der Waals surface area contributed by atoms with Gasteiger partial charge >= 0.3 is 0 Å². The molecule has 20 heavy (non-hydrogen) atoms. The molecule has 1 aromatic heterocycles. The number of rotatable bonds is 3. The van der Waals surface area contributed by atoms with E-state index in [1.807, 2.05) is 23.1 Å². The molecule has 4 nitrogen and oxygen atoms in total. The number of hydrogen-bond acceptors (Lipinski definition) is 3. The Morgan fingerprint density at radius 2 is 2.15 bits per heavy atom. The maximum atomic E-state index is 8.80. The van der Waals surface area contributed by atoms with Crippen molar-refractivity contribution in [2.24, 2.45) is 0 Å². The highest BCUT2D eigenvalue weighted by atomic mass is 35.5. The molecule has 1 heterocycles. The Hall–Kier alpha value is -1.99. The molecule has 1 N–H and O–H groups in total. The van der Waals surface area contributed by atoms with Crippen LogP contribution in [0.2, 0.25) is 5.02 Å². The summed E-state index contributed by atoms with van der Waals surface area (Å²) in [7, 11) is 0. The van der Waals surface area contributed by atoms with Crippen molar-refractivity contribution in [3.05, 3.63) is 46.7 Å². The second-order valence-electron chi connectivity index (χ2n) is 5.62. The van der Waals surface area contributed by atoms with Crippen molar-refractivity contribution in [3.8, 4) is 6.07 Å². The van der Waals surface area contributed by atoms with Gasteiger partial charge in [-0.15, -0.1) is 0 Å². The second-order valence-corrected chi connectivity index (χ2v) is 6.03. The molecular weight excluding hydrogens is 272 g/mol. The van der Waals surface area contributed by atoms with Gasteiger partial charge in [-0.3, -0.25) is 4.68 Å². The quantitative estimate of drug-likeness (QED) is 0.935. The first-order chi connectivity index (χ1) is 9.40. The minimum absolute atomic E-state index is 0.0235. The predicted molar refractivity (Wildman–Crippen MR) is 80.7 cm³/mol. The second kappa shape index (κ2) is 5.56. The van der Waals surface area contributed by atoms with E-state index >= 15 is 0 Å². The molecule has 2 aromatic rings. The Balaban J connectivity index is 2.06. The van der Waals surface area contributed by atoms with Crippen LogP contribution >= 0.6 is 11.6 Å². The van der Waals surface area contributed by atoms with Crippen molar-refractivity contribution in [2.45, 2.75) is 32.9 Å². The summed E-state index contributed by atoms with van der Waals surface area (Å²) in [6, 6.07) is 7.28. The molecule has 0 saturated heterocycles. The summed E-state index contributed by atoms with van der Waals surface area (Å²) in [6.45, 7) is 6.96. The van der Waals surface area contributed by atoms with Crippen molar-refractivity contribution in [2.75, 3.05) is 5.32 Å². The molecule has 104 valence electrons. The number of nitriles is 1. The van der Waals surface area contributed by atoms with Gasteiger partial charge in [0, 0.05) is 18.3 Å². The Labute approximate surface area is 124 Å². The summed E-state index contributed by atoms with van der Waals surface area (Å²) >= 11 is 6.12. The largest absolute Gasteiger partial charge is 0.380 e. The average Bonchev–Trinajstić information content (AvgIpc) is 2.86. The SMILES string of the molecule is CC(C)(C)n1cc(CNc2ccc(C#N)cc2Cl)cn1. The summed E-state index contributed by atoms with van der Waals surface area (Å²) in [6.07, 6.45) is 3.86. The molecule has 0 saturated carbocycles. The van der Waals surface area contributed by atoms with Crippen LogP contribution in [0.5, 0.6) is 0 Å². The molecule has 0 atom stereocenters. The summed E-state index contributed by atoms with van der Waals surface area (Å²) in [4.78, 5) is 0. The van der Waals surface area contributed by atoms with Gasteiger partial charge in [-0.2, -0.15) is 10.4 Å². The first-order valence-electron chi connectivity index (χ1n) is 6.38. The third-order valence-corrected chi connectivity index (χ3v) is 3.22.